The Morgan fingerprint density at radius 2 is 1.62 bits per heavy atom. The third-order valence-electron chi connectivity index (χ3n) is 3.84. The Kier molecular flexibility index (Phi) is 7.05. The van der Waals surface area contributed by atoms with Gasteiger partial charge >= 0.3 is 5.97 Å². The van der Waals surface area contributed by atoms with Gasteiger partial charge in [-0.05, 0) is 82.8 Å². The van der Waals surface area contributed by atoms with Crippen LogP contribution in [0.1, 0.15) is 15.9 Å². The number of rotatable bonds is 6. The second-order valence-corrected chi connectivity index (χ2v) is 8.00. The fourth-order valence-corrected chi connectivity index (χ4v) is 3.16. The molecule has 0 bridgehead atoms. The Hall–Kier alpha value is -2.65. The van der Waals surface area contributed by atoms with E-state index in [4.69, 9.17) is 4.74 Å². The highest BCUT2D eigenvalue weighted by atomic mass is 127. The van der Waals surface area contributed by atoms with Crippen molar-refractivity contribution in [1.29, 1.82) is 0 Å². The molecule has 29 heavy (non-hydrogen) atoms. The van der Waals surface area contributed by atoms with E-state index in [1.165, 1.54) is 6.08 Å². The molecule has 0 aliphatic rings. The summed E-state index contributed by atoms with van der Waals surface area (Å²) in [4.78, 5) is 23.9. The topological polar surface area (TPSA) is 75.6 Å². The van der Waals surface area contributed by atoms with Gasteiger partial charge in [-0.25, -0.2) is 4.79 Å². The predicted molar refractivity (Wildman–Crippen MR) is 123 cm³/mol. The molecule has 0 radical (unpaired) electrons. The van der Waals surface area contributed by atoms with Crippen molar-refractivity contribution in [1.82, 2.24) is 5.32 Å². The van der Waals surface area contributed by atoms with Crippen LogP contribution in [0.15, 0.2) is 83.0 Å². The number of halogens is 2. The minimum absolute atomic E-state index is 0.218. The molecule has 1 amide bonds. The molecule has 146 valence electrons. The zero-order chi connectivity index (χ0) is 20.8. The summed E-state index contributed by atoms with van der Waals surface area (Å²) in [5.74, 6) is -0.356. The molecule has 0 aliphatic heterocycles. The summed E-state index contributed by atoms with van der Waals surface area (Å²) in [7, 11) is 0. The molecule has 0 unspecified atom stereocenters. The first-order chi connectivity index (χ1) is 13.9. The molecular formula is C22H15BrINO4. The highest BCUT2D eigenvalue weighted by molar-refractivity contribution is 14.1. The Bertz CT molecular complexity index is 1060. The predicted octanol–water partition coefficient (Wildman–Crippen LogP) is 5.70. The molecule has 0 aliphatic carbocycles. The Morgan fingerprint density at radius 3 is 2.24 bits per heavy atom. The minimum atomic E-state index is -1.23. The molecular weight excluding hydrogens is 549 g/mol. The van der Waals surface area contributed by atoms with E-state index >= 15 is 0 Å². The molecule has 3 rings (SSSR count). The summed E-state index contributed by atoms with van der Waals surface area (Å²) in [6.45, 7) is 0. The monoisotopic (exact) mass is 563 g/mol. The van der Waals surface area contributed by atoms with Crippen LogP contribution in [0.5, 0.6) is 11.5 Å². The number of carboxylic acid groups (broad SMARTS) is 1. The smallest absolute Gasteiger partial charge is 0.352 e. The molecule has 0 saturated carbocycles. The lowest BCUT2D eigenvalue weighted by molar-refractivity contribution is -0.132. The standard InChI is InChI=1S/C22H15BrINO4/c23-16-9-7-15(8-10-16)21(26)25-19(22(27)28)13-14-5-11-17(12-6-14)29-20-4-2-1-3-18(20)24/h1-13H,(H,25,26)(H,27,28)/b19-13+. The summed E-state index contributed by atoms with van der Waals surface area (Å²) in [6.07, 6.45) is 1.40. The molecule has 0 saturated heterocycles. The molecule has 0 atom stereocenters. The van der Waals surface area contributed by atoms with Crippen molar-refractivity contribution in [2.45, 2.75) is 0 Å². The SMILES string of the molecule is O=C(O)/C(=C\c1ccc(Oc2ccccc2I)cc1)NC(=O)c1ccc(Br)cc1. The van der Waals surface area contributed by atoms with E-state index in [0.717, 1.165) is 13.8 Å². The molecule has 3 aromatic carbocycles. The van der Waals surface area contributed by atoms with E-state index in [1.807, 2.05) is 24.3 Å². The third kappa shape index (κ3) is 5.91. The van der Waals surface area contributed by atoms with Crippen molar-refractivity contribution < 1.29 is 19.4 Å². The summed E-state index contributed by atoms with van der Waals surface area (Å²) in [6, 6.07) is 21.2. The van der Waals surface area contributed by atoms with Gasteiger partial charge in [0, 0.05) is 10.0 Å². The van der Waals surface area contributed by atoms with Gasteiger partial charge in [-0.1, -0.05) is 40.2 Å². The van der Waals surface area contributed by atoms with Gasteiger partial charge in [0.1, 0.15) is 17.2 Å². The lowest BCUT2D eigenvalue weighted by Gasteiger charge is -2.09. The van der Waals surface area contributed by atoms with Crippen molar-refractivity contribution in [3.05, 3.63) is 97.7 Å². The molecule has 0 spiro atoms. The minimum Gasteiger partial charge on any atom is -0.477 e. The lowest BCUT2D eigenvalue weighted by atomic mass is 10.1. The number of carboxylic acids is 1. The van der Waals surface area contributed by atoms with Gasteiger partial charge < -0.3 is 15.2 Å². The van der Waals surface area contributed by atoms with Crippen LogP contribution in [0, 0.1) is 3.57 Å². The van der Waals surface area contributed by atoms with Crippen LogP contribution in [-0.4, -0.2) is 17.0 Å². The molecule has 2 N–H and O–H groups in total. The van der Waals surface area contributed by atoms with Crippen LogP contribution in [0.4, 0.5) is 0 Å². The summed E-state index contributed by atoms with van der Waals surface area (Å²) in [5.41, 5.74) is 0.763. The van der Waals surface area contributed by atoms with E-state index in [9.17, 15) is 14.7 Å². The highest BCUT2D eigenvalue weighted by Crippen LogP contribution is 2.26. The van der Waals surface area contributed by atoms with Gasteiger partial charge in [-0.3, -0.25) is 4.79 Å². The zero-order valence-electron chi connectivity index (χ0n) is 14.9. The lowest BCUT2D eigenvalue weighted by Crippen LogP contribution is -2.27. The Morgan fingerprint density at radius 1 is 0.966 bits per heavy atom. The van der Waals surface area contributed by atoms with Crippen molar-refractivity contribution in [3.8, 4) is 11.5 Å². The highest BCUT2D eigenvalue weighted by Gasteiger charge is 2.13. The number of aliphatic carboxylic acids is 1. The van der Waals surface area contributed by atoms with Crippen LogP contribution in [-0.2, 0) is 4.79 Å². The quantitative estimate of drug-likeness (QED) is 0.298. The fourth-order valence-electron chi connectivity index (χ4n) is 2.40. The van der Waals surface area contributed by atoms with Crippen LogP contribution >= 0.6 is 38.5 Å². The first-order valence-electron chi connectivity index (χ1n) is 8.47. The number of benzene rings is 3. The van der Waals surface area contributed by atoms with Gasteiger partial charge in [0.25, 0.3) is 5.91 Å². The third-order valence-corrected chi connectivity index (χ3v) is 5.26. The average Bonchev–Trinajstić information content (AvgIpc) is 2.71. The molecule has 5 nitrogen and oxygen atoms in total. The van der Waals surface area contributed by atoms with E-state index < -0.39 is 11.9 Å². The number of hydrogen-bond acceptors (Lipinski definition) is 3. The number of hydrogen-bond donors (Lipinski definition) is 2. The van der Waals surface area contributed by atoms with E-state index in [2.05, 4.69) is 43.8 Å². The first kappa shape index (κ1) is 21.1. The molecule has 7 heteroatoms. The van der Waals surface area contributed by atoms with Crippen LogP contribution in [0.3, 0.4) is 0 Å². The summed E-state index contributed by atoms with van der Waals surface area (Å²) >= 11 is 5.49. The summed E-state index contributed by atoms with van der Waals surface area (Å²) < 4.78 is 7.64. The first-order valence-corrected chi connectivity index (χ1v) is 10.3. The second kappa shape index (κ2) is 9.71. The van der Waals surface area contributed by atoms with E-state index in [-0.39, 0.29) is 5.70 Å². The van der Waals surface area contributed by atoms with Gasteiger partial charge in [-0.2, -0.15) is 0 Å². The number of amides is 1. The largest absolute Gasteiger partial charge is 0.477 e. The zero-order valence-corrected chi connectivity index (χ0v) is 18.7. The Balaban J connectivity index is 1.75. The van der Waals surface area contributed by atoms with Crippen molar-refractivity contribution in [3.63, 3.8) is 0 Å². The van der Waals surface area contributed by atoms with Crippen molar-refractivity contribution >= 4 is 56.5 Å². The molecule has 3 aromatic rings. The van der Waals surface area contributed by atoms with Crippen LogP contribution in [0.25, 0.3) is 6.08 Å². The fraction of sp³-hybridized carbons (Fsp3) is 0. The van der Waals surface area contributed by atoms with Crippen molar-refractivity contribution in [2.24, 2.45) is 0 Å². The maximum absolute atomic E-state index is 12.3. The normalized spacial score (nSPS) is 11.0. The van der Waals surface area contributed by atoms with Crippen LogP contribution < -0.4 is 10.1 Å². The second-order valence-electron chi connectivity index (χ2n) is 5.93. The number of ether oxygens (including phenoxy) is 1. The Labute approximate surface area is 189 Å². The average molecular weight is 564 g/mol. The maximum atomic E-state index is 12.3. The van der Waals surface area contributed by atoms with Crippen molar-refractivity contribution in [2.75, 3.05) is 0 Å². The maximum Gasteiger partial charge on any atom is 0.352 e. The van der Waals surface area contributed by atoms with Gasteiger partial charge in [0.2, 0.25) is 0 Å². The molecule has 0 fully saturated rings. The van der Waals surface area contributed by atoms with Gasteiger partial charge in [-0.15, -0.1) is 0 Å². The molecule has 0 aromatic heterocycles. The van der Waals surface area contributed by atoms with Crippen LogP contribution in [0.2, 0.25) is 0 Å². The summed E-state index contributed by atoms with van der Waals surface area (Å²) in [5, 5.41) is 11.9. The number of carbonyl (C=O) groups is 2. The van der Waals surface area contributed by atoms with Gasteiger partial charge in [0.05, 0.1) is 3.57 Å². The van der Waals surface area contributed by atoms with E-state index in [1.54, 1.807) is 48.5 Å². The van der Waals surface area contributed by atoms with E-state index in [0.29, 0.717) is 16.9 Å². The molecule has 0 heterocycles. The number of carbonyl (C=O) groups excluding carboxylic acids is 1. The van der Waals surface area contributed by atoms with Gasteiger partial charge in [0.15, 0.2) is 0 Å². The number of para-hydroxylation sites is 1. The number of nitrogens with one attached hydrogen (secondary N) is 1.